The summed E-state index contributed by atoms with van der Waals surface area (Å²) >= 11 is 0. The Kier molecular flexibility index (Phi) is 5.71. The third-order valence-electron chi connectivity index (χ3n) is 3.30. The van der Waals surface area contributed by atoms with E-state index in [9.17, 15) is 14.1 Å². The summed E-state index contributed by atoms with van der Waals surface area (Å²) in [4.78, 5) is 30.7. The van der Waals surface area contributed by atoms with E-state index in [2.05, 4.69) is 5.32 Å². The zero-order valence-corrected chi connectivity index (χ0v) is 14.2. The Balaban J connectivity index is 1.99. The predicted octanol–water partition coefficient (Wildman–Crippen LogP) is 2.51. The van der Waals surface area contributed by atoms with Crippen molar-refractivity contribution in [2.75, 3.05) is 26.2 Å². The second-order valence-electron chi connectivity index (χ2n) is 6.54. The molecule has 0 aromatic heterocycles. The Morgan fingerprint density at radius 1 is 1.33 bits per heavy atom. The van der Waals surface area contributed by atoms with E-state index in [0.29, 0.717) is 18.7 Å². The van der Waals surface area contributed by atoms with Crippen LogP contribution in [0.3, 0.4) is 0 Å². The van der Waals surface area contributed by atoms with Crippen LogP contribution in [0.15, 0.2) is 18.2 Å². The van der Waals surface area contributed by atoms with Crippen molar-refractivity contribution >= 4 is 11.8 Å². The Labute approximate surface area is 140 Å². The van der Waals surface area contributed by atoms with E-state index < -0.39 is 17.5 Å². The lowest BCUT2D eigenvalue weighted by Gasteiger charge is -2.26. The lowest BCUT2D eigenvalue weighted by Crippen LogP contribution is -2.46. The summed E-state index contributed by atoms with van der Waals surface area (Å²) in [5, 5.41) is 3.14. The molecule has 0 atom stereocenters. The lowest BCUT2D eigenvalue weighted by atomic mass is 10.2. The third-order valence-corrected chi connectivity index (χ3v) is 3.30. The smallest absolute Gasteiger partial charge is 0.410 e. The molecule has 1 heterocycles. The van der Waals surface area contributed by atoms with Gasteiger partial charge in [0.15, 0.2) is 5.60 Å². The fraction of sp³-hybridized carbons (Fsp3) is 0.562. The van der Waals surface area contributed by atoms with Crippen molar-refractivity contribution in [1.82, 2.24) is 10.2 Å². The number of hydrogen-bond donors (Lipinski definition) is 1. The minimum Gasteiger partial charge on any atom is -0.445 e. The van der Waals surface area contributed by atoms with E-state index in [1.807, 2.05) is 0 Å². The van der Waals surface area contributed by atoms with Gasteiger partial charge in [-0.3, -0.25) is 0 Å². The molecular formula is C16H23FN3O4+. The lowest BCUT2D eigenvalue weighted by molar-refractivity contribution is -0.767. The van der Waals surface area contributed by atoms with Gasteiger partial charge in [0.2, 0.25) is 5.82 Å². The number of ether oxygens (including phenoxy) is 1. The van der Waals surface area contributed by atoms with Crippen LogP contribution in [0.1, 0.15) is 26.3 Å². The van der Waals surface area contributed by atoms with Crippen molar-refractivity contribution in [3.05, 3.63) is 34.5 Å². The topological polar surface area (TPSA) is 70.9 Å². The molecule has 1 aromatic carbocycles. The summed E-state index contributed by atoms with van der Waals surface area (Å²) in [6.07, 6.45) is -0.424. The van der Waals surface area contributed by atoms with Gasteiger partial charge in [0, 0.05) is 32.2 Å². The van der Waals surface area contributed by atoms with Crippen LogP contribution in [-0.2, 0) is 16.2 Å². The highest BCUT2D eigenvalue weighted by molar-refractivity contribution is 5.67. The number of piperazine rings is 1. The average Bonchev–Trinajstić information content (AvgIpc) is 2.53. The van der Waals surface area contributed by atoms with Gasteiger partial charge in [0.05, 0.1) is 4.91 Å². The molecule has 1 fully saturated rings. The van der Waals surface area contributed by atoms with Crippen LogP contribution >= 0.6 is 0 Å². The Morgan fingerprint density at radius 2 is 2.00 bits per heavy atom. The fourth-order valence-electron chi connectivity index (χ4n) is 2.17. The Morgan fingerprint density at radius 3 is 2.62 bits per heavy atom. The van der Waals surface area contributed by atoms with Gasteiger partial charge >= 0.3 is 11.8 Å². The van der Waals surface area contributed by atoms with E-state index in [1.165, 1.54) is 12.1 Å². The summed E-state index contributed by atoms with van der Waals surface area (Å²) < 4.78 is 19.1. The SMILES string of the molecule is CC(C)(C)O[N+](=O)c1cc(COC(=O)N2CCNCC2)ccc1F. The van der Waals surface area contributed by atoms with Crippen LogP contribution in [0.5, 0.6) is 0 Å². The molecule has 1 N–H and O–H groups in total. The number of hydrogen-bond acceptors (Lipinski definition) is 5. The van der Waals surface area contributed by atoms with Gasteiger partial charge in [0.25, 0.3) is 4.92 Å². The molecule has 0 unspecified atom stereocenters. The van der Waals surface area contributed by atoms with E-state index in [4.69, 9.17) is 9.57 Å². The maximum Gasteiger partial charge on any atom is 0.410 e. The van der Waals surface area contributed by atoms with E-state index in [0.717, 1.165) is 19.2 Å². The molecule has 0 spiro atoms. The Hall–Kier alpha value is -2.22. The molecule has 1 aromatic rings. The molecule has 0 bridgehead atoms. The van der Waals surface area contributed by atoms with Gasteiger partial charge in [0.1, 0.15) is 6.61 Å². The summed E-state index contributed by atoms with van der Waals surface area (Å²) in [6, 6.07) is 3.94. The first-order chi connectivity index (χ1) is 11.3. The highest BCUT2D eigenvalue weighted by Crippen LogP contribution is 2.22. The molecule has 132 valence electrons. The van der Waals surface area contributed by atoms with Gasteiger partial charge < -0.3 is 15.0 Å². The second-order valence-corrected chi connectivity index (χ2v) is 6.54. The fourth-order valence-corrected chi connectivity index (χ4v) is 2.17. The maximum atomic E-state index is 13.8. The number of nitrogens with zero attached hydrogens (tertiary/aromatic N) is 2. The first-order valence-electron chi connectivity index (χ1n) is 7.83. The van der Waals surface area contributed by atoms with Crippen molar-refractivity contribution in [1.29, 1.82) is 0 Å². The van der Waals surface area contributed by atoms with Crippen molar-refractivity contribution in [3.63, 3.8) is 0 Å². The van der Waals surface area contributed by atoms with Gasteiger partial charge in [-0.05, 0) is 32.4 Å². The van der Waals surface area contributed by atoms with Crippen molar-refractivity contribution in [2.24, 2.45) is 0 Å². The molecule has 1 amide bonds. The van der Waals surface area contributed by atoms with Crippen LogP contribution in [-0.4, -0.2) is 47.7 Å². The summed E-state index contributed by atoms with van der Waals surface area (Å²) in [5.41, 5.74) is -0.493. The number of rotatable bonds is 4. The first-order valence-corrected chi connectivity index (χ1v) is 7.83. The number of carbonyl (C=O) groups excluding carboxylic acids is 1. The number of amides is 1. The van der Waals surface area contributed by atoms with Crippen LogP contribution in [0.2, 0.25) is 0 Å². The quantitative estimate of drug-likeness (QED) is 0.853. The number of carbonyl (C=O) groups is 1. The first kappa shape index (κ1) is 18.1. The summed E-state index contributed by atoms with van der Waals surface area (Å²) in [5.74, 6) is -0.702. The highest BCUT2D eigenvalue weighted by Gasteiger charge is 2.29. The van der Waals surface area contributed by atoms with Crippen LogP contribution < -0.4 is 5.32 Å². The summed E-state index contributed by atoms with van der Waals surface area (Å²) in [7, 11) is 0. The number of halogens is 1. The second kappa shape index (κ2) is 7.57. The summed E-state index contributed by atoms with van der Waals surface area (Å²) in [6.45, 7) is 7.65. The third kappa shape index (κ3) is 5.16. The van der Waals surface area contributed by atoms with Crippen LogP contribution in [0, 0.1) is 10.7 Å². The molecule has 1 aliphatic rings. The zero-order valence-electron chi connectivity index (χ0n) is 14.2. The average molecular weight is 340 g/mol. The van der Waals surface area contributed by atoms with E-state index >= 15 is 0 Å². The number of nitrogens with one attached hydrogen (secondary N) is 1. The molecule has 8 heteroatoms. The van der Waals surface area contributed by atoms with Crippen molar-refractivity contribution in [3.8, 4) is 0 Å². The van der Waals surface area contributed by atoms with Gasteiger partial charge in [-0.1, -0.05) is 6.07 Å². The van der Waals surface area contributed by atoms with E-state index in [1.54, 1.807) is 25.7 Å². The largest absolute Gasteiger partial charge is 0.445 e. The van der Waals surface area contributed by atoms with Gasteiger partial charge in [-0.2, -0.15) is 4.39 Å². The maximum absolute atomic E-state index is 13.8. The van der Waals surface area contributed by atoms with Crippen LogP contribution in [0.4, 0.5) is 14.9 Å². The van der Waals surface area contributed by atoms with Crippen molar-refractivity contribution in [2.45, 2.75) is 33.0 Å². The molecule has 7 nitrogen and oxygen atoms in total. The molecule has 0 saturated carbocycles. The molecular weight excluding hydrogens is 317 g/mol. The standard InChI is InChI=1S/C16H23FN3O4/c1-16(2,3)24-20(22)14-10-12(4-5-13(14)17)11-23-15(21)19-8-6-18-7-9-19/h4-5,10,18H,6-9,11H2,1-3H3/q+1. The van der Waals surface area contributed by atoms with Gasteiger partial charge in [-0.25, -0.2) is 9.63 Å². The minimum atomic E-state index is -0.751. The molecule has 0 aliphatic carbocycles. The molecule has 24 heavy (non-hydrogen) atoms. The predicted molar refractivity (Wildman–Crippen MR) is 85.2 cm³/mol. The molecule has 1 aliphatic heterocycles. The number of benzene rings is 1. The molecule has 1 saturated heterocycles. The monoisotopic (exact) mass is 340 g/mol. The zero-order chi connectivity index (χ0) is 17.7. The van der Waals surface area contributed by atoms with Crippen molar-refractivity contribution < 1.29 is 23.7 Å². The van der Waals surface area contributed by atoms with Crippen LogP contribution in [0.25, 0.3) is 0 Å². The van der Waals surface area contributed by atoms with Gasteiger partial charge in [-0.15, -0.1) is 0 Å². The molecule has 2 rings (SSSR count). The Bertz CT molecular complexity index is 610. The minimum absolute atomic E-state index is 0.0423. The highest BCUT2D eigenvalue weighted by atomic mass is 19.1. The van der Waals surface area contributed by atoms with E-state index in [-0.39, 0.29) is 17.2 Å². The normalized spacial score (nSPS) is 15.1. The molecule has 0 radical (unpaired) electrons.